The summed E-state index contributed by atoms with van der Waals surface area (Å²) in [5.74, 6) is 0. The van der Waals surface area contributed by atoms with E-state index in [2.05, 4.69) is 16.9 Å². The first-order valence-corrected chi connectivity index (χ1v) is 7.01. The summed E-state index contributed by atoms with van der Waals surface area (Å²) >= 11 is 0. The van der Waals surface area contributed by atoms with Crippen molar-refractivity contribution >= 4 is 11.0 Å². The number of hydrogen-bond acceptors (Lipinski definition) is 3. The standard InChI is InChI=1S/C16H19N3O/c1-11(9-17-13-7-8-13)10-19-15-6-4-3-5-14(15)18-12(2)16(19)20/h3-6,13,17H,1,7-10H2,2H3. The Kier molecular flexibility index (Phi) is 3.40. The second-order valence-electron chi connectivity index (χ2n) is 5.48. The van der Waals surface area contributed by atoms with E-state index in [-0.39, 0.29) is 5.56 Å². The van der Waals surface area contributed by atoms with Gasteiger partial charge in [-0.15, -0.1) is 0 Å². The molecule has 4 heteroatoms. The van der Waals surface area contributed by atoms with Gasteiger partial charge in [0.1, 0.15) is 5.69 Å². The summed E-state index contributed by atoms with van der Waals surface area (Å²) in [6.07, 6.45) is 2.51. The molecule has 0 radical (unpaired) electrons. The van der Waals surface area contributed by atoms with Crippen LogP contribution in [0.4, 0.5) is 0 Å². The van der Waals surface area contributed by atoms with Gasteiger partial charge in [-0.3, -0.25) is 4.79 Å². The zero-order valence-corrected chi connectivity index (χ0v) is 11.7. The molecule has 0 amide bonds. The Labute approximate surface area is 118 Å². The Morgan fingerprint density at radius 2 is 2.20 bits per heavy atom. The van der Waals surface area contributed by atoms with Gasteiger partial charge in [-0.25, -0.2) is 4.98 Å². The van der Waals surface area contributed by atoms with Crippen LogP contribution in [-0.2, 0) is 6.54 Å². The fraction of sp³-hybridized carbons (Fsp3) is 0.375. The third kappa shape index (κ3) is 2.65. The van der Waals surface area contributed by atoms with Crippen molar-refractivity contribution in [1.82, 2.24) is 14.9 Å². The van der Waals surface area contributed by atoms with Crippen LogP contribution >= 0.6 is 0 Å². The minimum atomic E-state index is -0.0312. The largest absolute Gasteiger partial charge is 0.310 e. The van der Waals surface area contributed by atoms with Crippen LogP contribution in [0.2, 0.25) is 0 Å². The lowest BCUT2D eigenvalue weighted by Gasteiger charge is -2.13. The normalized spacial score (nSPS) is 14.7. The van der Waals surface area contributed by atoms with Crippen molar-refractivity contribution in [2.45, 2.75) is 32.4 Å². The van der Waals surface area contributed by atoms with Crippen molar-refractivity contribution in [2.75, 3.05) is 6.54 Å². The molecule has 1 aliphatic carbocycles. The number of fused-ring (bicyclic) bond motifs is 1. The lowest BCUT2D eigenvalue weighted by atomic mass is 10.2. The highest BCUT2D eigenvalue weighted by Crippen LogP contribution is 2.19. The van der Waals surface area contributed by atoms with Gasteiger partial charge in [0.2, 0.25) is 0 Å². The second-order valence-corrected chi connectivity index (χ2v) is 5.48. The molecular formula is C16H19N3O. The van der Waals surface area contributed by atoms with Crippen LogP contribution in [0.15, 0.2) is 41.2 Å². The van der Waals surface area contributed by atoms with Gasteiger partial charge < -0.3 is 9.88 Å². The second kappa shape index (κ2) is 5.21. The summed E-state index contributed by atoms with van der Waals surface area (Å²) in [6, 6.07) is 8.39. The molecule has 0 spiro atoms. The molecule has 1 heterocycles. The first-order valence-electron chi connectivity index (χ1n) is 7.01. The van der Waals surface area contributed by atoms with Crippen LogP contribution in [0.3, 0.4) is 0 Å². The quantitative estimate of drug-likeness (QED) is 0.845. The van der Waals surface area contributed by atoms with Crippen molar-refractivity contribution in [1.29, 1.82) is 0 Å². The molecule has 1 N–H and O–H groups in total. The molecule has 0 atom stereocenters. The number of hydrogen-bond donors (Lipinski definition) is 1. The van der Waals surface area contributed by atoms with Crippen molar-refractivity contribution in [3.05, 3.63) is 52.5 Å². The molecule has 0 bridgehead atoms. The number of nitrogens with one attached hydrogen (secondary N) is 1. The van der Waals surface area contributed by atoms with E-state index in [0.717, 1.165) is 23.2 Å². The Hall–Kier alpha value is -1.94. The van der Waals surface area contributed by atoms with Crippen LogP contribution in [0.25, 0.3) is 11.0 Å². The molecule has 4 nitrogen and oxygen atoms in total. The molecule has 1 aromatic carbocycles. The molecule has 2 aromatic rings. The summed E-state index contributed by atoms with van der Waals surface area (Å²) < 4.78 is 1.77. The maximum Gasteiger partial charge on any atom is 0.272 e. The molecule has 1 aliphatic rings. The van der Waals surface area contributed by atoms with Crippen LogP contribution in [0, 0.1) is 6.92 Å². The third-order valence-corrected chi connectivity index (χ3v) is 3.62. The molecule has 104 valence electrons. The molecule has 1 aromatic heterocycles. The van der Waals surface area contributed by atoms with Gasteiger partial charge in [-0.1, -0.05) is 18.7 Å². The first-order chi connectivity index (χ1) is 9.65. The zero-order chi connectivity index (χ0) is 14.1. The Morgan fingerprint density at radius 3 is 2.95 bits per heavy atom. The highest BCUT2D eigenvalue weighted by Gasteiger charge is 2.20. The third-order valence-electron chi connectivity index (χ3n) is 3.62. The summed E-state index contributed by atoms with van der Waals surface area (Å²) in [6.45, 7) is 7.16. The predicted octanol–water partition coefficient (Wildman–Crippen LogP) is 2.01. The number of para-hydroxylation sites is 2. The summed E-state index contributed by atoms with van der Waals surface area (Å²) in [5.41, 5.74) is 3.25. The minimum absolute atomic E-state index is 0.0312. The molecule has 0 unspecified atom stereocenters. The minimum Gasteiger partial charge on any atom is -0.310 e. The fourth-order valence-corrected chi connectivity index (χ4v) is 2.33. The lowest BCUT2D eigenvalue weighted by Crippen LogP contribution is -2.27. The summed E-state index contributed by atoms with van der Waals surface area (Å²) in [5, 5.41) is 3.43. The average molecular weight is 269 g/mol. The monoisotopic (exact) mass is 269 g/mol. The van der Waals surface area contributed by atoms with E-state index in [1.165, 1.54) is 12.8 Å². The Morgan fingerprint density at radius 1 is 1.45 bits per heavy atom. The number of rotatable bonds is 5. The SMILES string of the molecule is C=C(CNC1CC1)Cn1c(=O)c(C)nc2ccccc21. The van der Waals surface area contributed by atoms with Gasteiger partial charge in [0, 0.05) is 19.1 Å². The Bertz CT molecular complexity index is 713. The van der Waals surface area contributed by atoms with Gasteiger partial charge in [0.15, 0.2) is 0 Å². The van der Waals surface area contributed by atoms with Gasteiger partial charge in [0.05, 0.1) is 11.0 Å². The van der Waals surface area contributed by atoms with Crippen LogP contribution in [0.5, 0.6) is 0 Å². The molecule has 1 fully saturated rings. The van der Waals surface area contributed by atoms with E-state index in [1.54, 1.807) is 11.5 Å². The molecule has 1 saturated carbocycles. The number of aryl methyl sites for hydroxylation is 1. The van der Waals surface area contributed by atoms with E-state index in [9.17, 15) is 4.79 Å². The van der Waals surface area contributed by atoms with Gasteiger partial charge in [0.25, 0.3) is 5.56 Å². The predicted molar refractivity (Wildman–Crippen MR) is 80.9 cm³/mol. The van der Waals surface area contributed by atoms with Crippen molar-refractivity contribution in [3.63, 3.8) is 0 Å². The van der Waals surface area contributed by atoms with Gasteiger partial charge >= 0.3 is 0 Å². The zero-order valence-electron chi connectivity index (χ0n) is 11.7. The topological polar surface area (TPSA) is 46.9 Å². The number of benzene rings is 1. The van der Waals surface area contributed by atoms with Gasteiger partial charge in [-0.2, -0.15) is 0 Å². The highest BCUT2D eigenvalue weighted by atomic mass is 16.1. The maximum atomic E-state index is 12.3. The molecular weight excluding hydrogens is 250 g/mol. The first kappa shape index (κ1) is 13.1. The summed E-state index contributed by atoms with van der Waals surface area (Å²) in [4.78, 5) is 16.7. The number of nitrogens with zero attached hydrogens (tertiary/aromatic N) is 2. The van der Waals surface area contributed by atoms with Crippen molar-refractivity contribution < 1.29 is 0 Å². The summed E-state index contributed by atoms with van der Waals surface area (Å²) in [7, 11) is 0. The van der Waals surface area contributed by atoms with E-state index in [4.69, 9.17) is 0 Å². The van der Waals surface area contributed by atoms with E-state index >= 15 is 0 Å². The smallest absolute Gasteiger partial charge is 0.272 e. The maximum absolute atomic E-state index is 12.3. The molecule has 3 rings (SSSR count). The van der Waals surface area contributed by atoms with Crippen LogP contribution in [0.1, 0.15) is 18.5 Å². The Balaban J connectivity index is 1.90. The van der Waals surface area contributed by atoms with E-state index < -0.39 is 0 Å². The van der Waals surface area contributed by atoms with Crippen LogP contribution < -0.4 is 10.9 Å². The fourth-order valence-electron chi connectivity index (χ4n) is 2.33. The molecule has 0 aliphatic heterocycles. The highest BCUT2D eigenvalue weighted by molar-refractivity contribution is 5.74. The lowest BCUT2D eigenvalue weighted by molar-refractivity contribution is 0.678. The van der Waals surface area contributed by atoms with Crippen molar-refractivity contribution in [2.24, 2.45) is 0 Å². The number of aromatic nitrogens is 2. The van der Waals surface area contributed by atoms with Crippen LogP contribution in [-0.4, -0.2) is 22.1 Å². The van der Waals surface area contributed by atoms with E-state index in [0.29, 0.717) is 18.3 Å². The van der Waals surface area contributed by atoms with E-state index in [1.807, 2.05) is 24.3 Å². The molecule has 20 heavy (non-hydrogen) atoms. The van der Waals surface area contributed by atoms with Crippen molar-refractivity contribution in [3.8, 4) is 0 Å². The average Bonchev–Trinajstić information content (AvgIpc) is 3.26. The van der Waals surface area contributed by atoms with Gasteiger partial charge in [-0.05, 0) is 37.5 Å². The molecule has 0 saturated heterocycles.